The molecule has 0 aromatic carbocycles. The average Bonchev–Trinajstić information content (AvgIpc) is 2.52. The number of carbonyl (C=O) groups is 2. The fourth-order valence-corrected chi connectivity index (χ4v) is 2.63. The van der Waals surface area contributed by atoms with Gasteiger partial charge in [0.15, 0.2) is 6.04 Å². The maximum atomic E-state index is 12.2. The molecular weight excluding hydrogens is 262 g/mol. The highest BCUT2D eigenvalue weighted by molar-refractivity contribution is 5.81. The van der Waals surface area contributed by atoms with Crippen LogP contribution >= 0.6 is 0 Å². The van der Waals surface area contributed by atoms with Crippen molar-refractivity contribution < 1.29 is 24.2 Å². The van der Waals surface area contributed by atoms with Crippen LogP contribution in [0.15, 0.2) is 12.2 Å². The number of carbonyl (C=O) groups excluding carboxylic acids is 1. The molecule has 20 heavy (non-hydrogen) atoms. The van der Waals surface area contributed by atoms with Gasteiger partial charge in [-0.2, -0.15) is 0 Å². The summed E-state index contributed by atoms with van der Waals surface area (Å²) in [7, 11) is 0. The summed E-state index contributed by atoms with van der Waals surface area (Å²) in [6.45, 7) is 6.00. The summed E-state index contributed by atoms with van der Waals surface area (Å²) in [5, 5.41) is 9.41. The van der Waals surface area contributed by atoms with Gasteiger partial charge in [-0.25, -0.2) is 9.59 Å². The van der Waals surface area contributed by atoms with Crippen LogP contribution in [0.1, 0.15) is 27.2 Å². The second kappa shape index (κ2) is 5.44. The normalized spacial score (nSPS) is 29.8. The Kier molecular flexibility index (Phi) is 4.04. The zero-order valence-corrected chi connectivity index (χ0v) is 12.0. The van der Waals surface area contributed by atoms with Gasteiger partial charge in [-0.05, 0) is 27.2 Å². The van der Waals surface area contributed by atoms with Crippen LogP contribution in [0, 0.1) is 5.92 Å². The molecule has 6 heteroatoms. The van der Waals surface area contributed by atoms with E-state index in [1.165, 1.54) is 4.90 Å². The highest BCUT2D eigenvalue weighted by Crippen LogP contribution is 2.32. The lowest BCUT2D eigenvalue weighted by Crippen LogP contribution is -2.47. The molecule has 0 aromatic rings. The second-order valence-corrected chi connectivity index (χ2v) is 6.18. The van der Waals surface area contributed by atoms with Crippen LogP contribution in [0.3, 0.4) is 0 Å². The van der Waals surface area contributed by atoms with Crippen molar-refractivity contribution in [1.29, 1.82) is 0 Å². The van der Waals surface area contributed by atoms with Crippen molar-refractivity contribution in [3.8, 4) is 0 Å². The van der Waals surface area contributed by atoms with Crippen molar-refractivity contribution in [2.75, 3.05) is 13.2 Å². The van der Waals surface area contributed by atoms with Crippen molar-refractivity contribution in [3.63, 3.8) is 0 Å². The van der Waals surface area contributed by atoms with Crippen LogP contribution in [0.5, 0.6) is 0 Å². The average molecular weight is 283 g/mol. The Hall–Kier alpha value is -1.56. The lowest BCUT2D eigenvalue weighted by atomic mass is 9.98. The summed E-state index contributed by atoms with van der Waals surface area (Å²) in [5.41, 5.74) is -0.647. The maximum absolute atomic E-state index is 12.2. The minimum absolute atomic E-state index is 0.00219. The van der Waals surface area contributed by atoms with Crippen LogP contribution in [0.25, 0.3) is 0 Å². The monoisotopic (exact) mass is 283 g/mol. The summed E-state index contributed by atoms with van der Waals surface area (Å²) in [6, 6.07) is -0.977. The molecule has 1 amide bonds. The Bertz CT molecular complexity index is 426. The molecule has 2 heterocycles. The lowest BCUT2D eigenvalue weighted by Gasteiger charge is -2.28. The minimum atomic E-state index is -1.05. The van der Waals surface area contributed by atoms with Gasteiger partial charge in [0.05, 0.1) is 12.7 Å². The van der Waals surface area contributed by atoms with E-state index in [1.54, 1.807) is 20.8 Å². The number of nitrogens with zero attached hydrogens (tertiary/aromatic N) is 1. The molecular formula is C14H21NO5. The highest BCUT2D eigenvalue weighted by Gasteiger charge is 2.49. The van der Waals surface area contributed by atoms with E-state index in [1.807, 2.05) is 12.2 Å². The molecule has 112 valence electrons. The fourth-order valence-electron chi connectivity index (χ4n) is 2.63. The van der Waals surface area contributed by atoms with E-state index in [0.29, 0.717) is 19.6 Å². The number of aliphatic carboxylic acids is 1. The molecule has 2 aliphatic rings. The Morgan fingerprint density at radius 1 is 1.35 bits per heavy atom. The number of carboxylic acids is 1. The van der Waals surface area contributed by atoms with Crippen LogP contribution in [-0.2, 0) is 14.3 Å². The minimum Gasteiger partial charge on any atom is -0.480 e. The van der Waals surface area contributed by atoms with E-state index in [0.717, 1.165) is 0 Å². The maximum Gasteiger partial charge on any atom is 0.411 e. The summed E-state index contributed by atoms with van der Waals surface area (Å²) in [6.07, 6.45) is 3.51. The topological polar surface area (TPSA) is 76.1 Å². The number of allylic oxidation sites excluding steroid dienone is 1. The molecule has 0 bridgehead atoms. The standard InChI is InChI=1S/C14H21NO5/c1-14(2,3)20-13(18)15-8-9-6-4-5-7-19-11(9)10(15)12(16)17/h4-5,9-11H,6-8H2,1-3H3,(H,16,17)/t9-,10?,11?/m0/s1. The zero-order valence-electron chi connectivity index (χ0n) is 12.0. The summed E-state index contributed by atoms with van der Waals surface area (Å²) >= 11 is 0. The van der Waals surface area contributed by atoms with Gasteiger partial charge in [-0.3, -0.25) is 4.90 Å². The van der Waals surface area contributed by atoms with Gasteiger partial charge in [-0.15, -0.1) is 0 Å². The van der Waals surface area contributed by atoms with E-state index >= 15 is 0 Å². The number of ether oxygens (including phenoxy) is 2. The number of hydrogen-bond donors (Lipinski definition) is 1. The van der Waals surface area contributed by atoms with Gasteiger partial charge < -0.3 is 14.6 Å². The van der Waals surface area contributed by atoms with Crippen LogP contribution < -0.4 is 0 Å². The zero-order chi connectivity index (χ0) is 14.9. The second-order valence-electron chi connectivity index (χ2n) is 6.18. The summed E-state index contributed by atoms with van der Waals surface area (Å²) < 4.78 is 10.9. The van der Waals surface area contributed by atoms with Gasteiger partial charge in [0, 0.05) is 12.5 Å². The third kappa shape index (κ3) is 3.12. The molecule has 2 aliphatic heterocycles. The Balaban J connectivity index is 2.18. The Morgan fingerprint density at radius 3 is 2.65 bits per heavy atom. The predicted molar refractivity (Wildman–Crippen MR) is 71.4 cm³/mol. The van der Waals surface area contributed by atoms with Crippen molar-refractivity contribution >= 4 is 12.1 Å². The molecule has 1 saturated heterocycles. The van der Waals surface area contributed by atoms with Crippen LogP contribution in [0.4, 0.5) is 4.79 Å². The molecule has 1 N–H and O–H groups in total. The third-order valence-corrected chi connectivity index (χ3v) is 3.41. The quantitative estimate of drug-likeness (QED) is 0.740. The highest BCUT2D eigenvalue weighted by atomic mass is 16.6. The van der Waals surface area contributed by atoms with E-state index in [2.05, 4.69) is 0 Å². The van der Waals surface area contributed by atoms with Crippen LogP contribution in [0.2, 0.25) is 0 Å². The van der Waals surface area contributed by atoms with Crippen molar-refractivity contribution in [3.05, 3.63) is 12.2 Å². The Morgan fingerprint density at radius 2 is 2.05 bits per heavy atom. The third-order valence-electron chi connectivity index (χ3n) is 3.41. The molecule has 0 spiro atoms. The number of fused-ring (bicyclic) bond motifs is 1. The van der Waals surface area contributed by atoms with Crippen molar-refractivity contribution in [2.45, 2.75) is 44.9 Å². The first-order valence-electron chi connectivity index (χ1n) is 6.78. The molecule has 6 nitrogen and oxygen atoms in total. The largest absolute Gasteiger partial charge is 0.480 e. The molecule has 0 aliphatic carbocycles. The number of carboxylic acid groups (broad SMARTS) is 1. The van der Waals surface area contributed by atoms with Crippen molar-refractivity contribution in [2.24, 2.45) is 5.92 Å². The van der Waals surface area contributed by atoms with Crippen LogP contribution in [-0.4, -0.2) is 53.0 Å². The lowest BCUT2D eigenvalue weighted by molar-refractivity contribution is -0.146. The van der Waals surface area contributed by atoms with Gasteiger partial charge in [0.25, 0.3) is 0 Å². The first kappa shape index (κ1) is 14.8. The van der Waals surface area contributed by atoms with Gasteiger partial charge in [0.2, 0.25) is 0 Å². The number of amides is 1. The number of rotatable bonds is 1. The number of likely N-dealkylation sites (tertiary alicyclic amines) is 1. The molecule has 0 aromatic heterocycles. The first-order chi connectivity index (χ1) is 9.29. The van der Waals surface area contributed by atoms with Gasteiger partial charge in [0.1, 0.15) is 5.60 Å². The predicted octanol–water partition coefficient (Wildman–Crippen LogP) is 1.65. The van der Waals surface area contributed by atoms with Crippen molar-refractivity contribution in [1.82, 2.24) is 4.90 Å². The molecule has 1 fully saturated rings. The first-order valence-corrected chi connectivity index (χ1v) is 6.78. The smallest absolute Gasteiger partial charge is 0.411 e. The van der Waals surface area contributed by atoms with Gasteiger partial charge >= 0.3 is 12.1 Å². The summed E-state index contributed by atoms with van der Waals surface area (Å²) in [4.78, 5) is 25.0. The number of hydrogen-bond acceptors (Lipinski definition) is 4. The van der Waals surface area contributed by atoms with E-state index in [4.69, 9.17) is 9.47 Å². The summed E-state index contributed by atoms with van der Waals surface area (Å²) in [5.74, 6) is -1.05. The molecule has 0 radical (unpaired) electrons. The molecule has 3 atom stereocenters. The van der Waals surface area contributed by atoms with Gasteiger partial charge in [-0.1, -0.05) is 12.2 Å². The van der Waals surface area contributed by atoms with E-state index < -0.39 is 29.8 Å². The molecule has 2 rings (SSSR count). The van der Waals surface area contributed by atoms with E-state index in [9.17, 15) is 14.7 Å². The SMILES string of the molecule is CC(C)(C)OC(=O)N1C[C@@H]2CC=CCOC2C1C(=O)O. The fraction of sp³-hybridized carbons (Fsp3) is 0.714. The molecule has 2 unspecified atom stereocenters. The Labute approximate surface area is 118 Å². The van der Waals surface area contributed by atoms with E-state index in [-0.39, 0.29) is 5.92 Å². The molecule has 0 saturated carbocycles.